The van der Waals surface area contributed by atoms with Crippen LogP contribution in [0.3, 0.4) is 0 Å². The van der Waals surface area contributed by atoms with E-state index < -0.39 is 0 Å². The molecule has 1 aliphatic rings. The minimum absolute atomic E-state index is 1.14. The van der Waals surface area contributed by atoms with Crippen molar-refractivity contribution >= 4 is 10.9 Å². The van der Waals surface area contributed by atoms with Gasteiger partial charge in [-0.3, -0.25) is 4.90 Å². The maximum absolute atomic E-state index is 3.33. The number of rotatable bonds is 3. The maximum Gasteiger partial charge on any atom is 0.0456 e. The van der Waals surface area contributed by atoms with Gasteiger partial charge in [0.25, 0.3) is 0 Å². The Bertz CT molecular complexity index is 466. The van der Waals surface area contributed by atoms with Crippen LogP contribution in [0.1, 0.15) is 18.4 Å². The molecule has 0 atom stereocenters. The van der Waals surface area contributed by atoms with Gasteiger partial charge >= 0.3 is 0 Å². The molecule has 1 saturated heterocycles. The molecule has 0 amide bonds. The molecular weight excluding hydrogens is 196 g/mol. The first-order valence-corrected chi connectivity index (χ1v) is 6.06. The Balaban J connectivity index is 1.73. The molecule has 1 aromatic carbocycles. The SMILES string of the molecule is [CH]1CCCN1CCc1c[nH]c2ccccc12. The normalized spacial score (nSPS) is 17.2. The Hall–Kier alpha value is -1.28. The molecule has 0 saturated carbocycles. The summed E-state index contributed by atoms with van der Waals surface area (Å²) >= 11 is 0. The lowest BCUT2D eigenvalue weighted by molar-refractivity contribution is 0.391. The van der Waals surface area contributed by atoms with Crippen molar-refractivity contribution in [3.05, 3.63) is 42.6 Å². The summed E-state index contributed by atoms with van der Waals surface area (Å²) < 4.78 is 0. The van der Waals surface area contributed by atoms with E-state index in [1.165, 1.54) is 35.9 Å². The molecule has 0 bridgehead atoms. The number of H-pyrrole nitrogens is 1. The standard InChI is InChI=1S/C14H17N2/c1-2-6-14-13(5-1)12(11-15-14)7-10-16-8-3-4-9-16/h1-2,5-6,8,11,15H,3-4,7,9-10H2. The lowest BCUT2D eigenvalue weighted by atomic mass is 10.1. The van der Waals surface area contributed by atoms with Crippen LogP contribution in [0.4, 0.5) is 0 Å². The van der Waals surface area contributed by atoms with Gasteiger partial charge in [0.1, 0.15) is 0 Å². The zero-order valence-electron chi connectivity index (χ0n) is 9.45. The van der Waals surface area contributed by atoms with E-state index in [9.17, 15) is 0 Å². The lowest BCUT2D eigenvalue weighted by Gasteiger charge is -2.13. The number of benzene rings is 1. The molecule has 1 aliphatic heterocycles. The van der Waals surface area contributed by atoms with Gasteiger partial charge in [0.05, 0.1) is 0 Å². The quantitative estimate of drug-likeness (QED) is 0.830. The number of nitrogens with zero attached hydrogens (tertiary/aromatic N) is 1. The molecule has 2 aromatic rings. The summed E-state index contributed by atoms with van der Waals surface area (Å²) in [6, 6.07) is 8.54. The molecule has 1 N–H and O–H groups in total. The van der Waals surface area contributed by atoms with Crippen LogP contribution in [-0.4, -0.2) is 23.0 Å². The van der Waals surface area contributed by atoms with Gasteiger partial charge < -0.3 is 4.98 Å². The van der Waals surface area contributed by atoms with E-state index in [0.717, 1.165) is 13.0 Å². The van der Waals surface area contributed by atoms with Crippen molar-refractivity contribution in [1.82, 2.24) is 9.88 Å². The van der Waals surface area contributed by atoms with E-state index in [4.69, 9.17) is 0 Å². The summed E-state index contributed by atoms with van der Waals surface area (Å²) in [6.07, 6.45) is 5.88. The third-order valence-electron chi connectivity index (χ3n) is 3.38. The molecule has 0 spiro atoms. The first-order chi connectivity index (χ1) is 7.93. The van der Waals surface area contributed by atoms with Crippen molar-refractivity contribution in [2.75, 3.05) is 13.1 Å². The summed E-state index contributed by atoms with van der Waals surface area (Å²) in [5.74, 6) is 0. The minimum Gasteiger partial charge on any atom is -0.361 e. The fraction of sp³-hybridized carbons (Fsp3) is 0.357. The Morgan fingerprint density at radius 3 is 3.06 bits per heavy atom. The fourth-order valence-electron chi connectivity index (χ4n) is 2.47. The number of aromatic amines is 1. The van der Waals surface area contributed by atoms with Crippen molar-refractivity contribution < 1.29 is 0 Å². The number of hydrogen-bond acceptors (Lipinski definition) is 1. The first kappa shape index (κ1) is 9.91. The van der Waals surface area contributed by atoms with Crippen LogP contribution in [0.5, 0.6) is 0 Å². The average molecular weight is 213 g/mol. The highest BCUT2D eigenvalue weighted by atomic mass is 15.1. The summed E-state index contributed by atoms with van der Waals surface area (Å²) in [7, 11) is 0. The van der Waals surface area contributed by atoms with E-state index >= 15 is 0 Å². The van der Waals surface area contributed by atoms with Crippen molar-refractivity contribution in [2.24, 2.45) is 0 Å². The summed E-state index contributed by atoms with van der Waals surface area (Å²) in [4.78, 5) is 5.78. The largest absolute Gasteiger partial charge is 0.361 e. The molecule has 3 rings (SSSR count). The molecular formula is C14H17N2. The van der Waals surface area contributed by atoms with Gasteiger partial charge in [0.15, 0.2) is 0 Å². The molecule has 1 aromatic heterocycles. The second kappa shape index (κ2) is 4.30. The Labute approximate surface area is 96.3 Å². The van der Waals surface area contributed by atoms with Crippen LogP contribution in [0, 0.1) is 6.54 Å². The Morgan fingerprint density at radius 1 is 1.25 bits per heavy atom. The van der Waals surface area contributed by atoms with Crippen molar-refractivity contribution in [1.29, 1.82) is 0 Å². The molecule has 1 fully saturated rings. The topological polar surface area (TPSA) is 19.0 Å². The van der Waals surface area contributed by atoms with Gasteiger partial charge in [0.2, 0.25) is 0 Å². The fourth-order valence-corrected chi connectivity index (χ4v) is 2.47. The summed E-state index contributed by atoms with van der Waals surface area (Å²) in [5.41, 5.74) is 2.69. The van der Waals surface area contributed by atoms with E-state index in [-0.39, 0.29) is 0 Å². The second-order valence-electron chi connectivity index (χ2n) is 4.47. The van der Waals surface area contributed by atoms with Gasteiger partial charge in [-0.15, -0.1) is 0 Å². The molecule has 0 aliphatic carbocycles. The van der Waals surface area contributed by atoms with Gasteiger partial charge in [-0.25, -0.2) is 0 Å². The van der Waals surface area contributed by atoms with Crippen LogP contribution < -0.4 is 0 Å². The van der Waals surface area contributed by atoms with E-state index in [1.807, 2.05) is 0 Å². The third kappa shape index (κ3) is 1.85. The highest BCUT2D eigenvalue weighted by Crippen LogP contribution is 2.19. The maximum atomic E-state index is 3.33. The van der Waals surface area contributed by atoms with E-state index in [1.54, 1.807) is 0 Å². The van der Waals surface area contributed by atoms with Gasteiger partial charge in [0, 0.05) is 30.2 Å². The highest BCUT2D eigenvalue weighted by Gasteiger charge is 2.12. The number of nitrogens with one attached hydrogen (secondary N) is 1. The van der Waals surface area contributed by atoms with Crippen LogP contribution in [0.15, 0.2) is 30.5 Å². The molecule has 2 heteroatoms. The van der Waals surface area contributed by atoms with Gasteiger partial charge in [-0.05, 0) is 37.4 Å². The highest BCUT2D eigenvalue weighted by molar-refractivity contribution is 5.83. The smallest absolute Gasteiger partial charge is 0.0456 e. The molecule has 1 radical (unpaired) electrons. The zero-order chi connectivity index (χ0) is 10.8. The Morgan fingerprint density at radius 2 is 2.19 bits per heavy atom. The monoisotopic (exact) mass is 213 g/mol. The first-order valence-electron chi connectivity index (χ1n) is 6.06. The summed E-state index contributed by atoms with van der Waals surface area (Å²) in [6.45, 7) is 4.74. The number of aromatic nitrogens is 1. The number of hydrogen-bond donors (Lipinski definition) is 1. The molecule has 0 unspecified atom stereocenters. The Kier molecular flexibility index (Phi) is 2.66. The predicted molar refractivity (Wildman–Crippen MR) is 67.1 cm³/mol. The van der Waals surface area contributed by atoms with Crippen LogP contribution in [-0.2, 0) is 6.42 Å². The number of para-hydroxylation sites is 1. The zero-order valence-corrected chi connectivity index (χ0v) is 9.45. The van der Waals surface area contributed by atoms with Crippen LogP contribution in [0.2, 0.25) is 0 Å². The molecule has 16 heavy (non-hydrogen) atoms. The number of fused-ring (bicyclic) bond motifs is 1. The lowest BCUT2D eigenvalue weighted by Crippen LogP contribution is -2.18. The third-order valence-corrected chi connectivity index (χ3v) is 3.38. The van der Waals surface area contributed by atoms with Crippen molar-refractivity contribution in [3.8, 4) is 0 Å². The van der Waals surface area contributed by atoms with Crippen LogP contribution >= 0.6 is 0 Å². The van der Waals surface area contributed by atoms with Crippen molar-refractivity contribution in [2.45, 2.75) is 19.3 Å². The predicted octanol–water partition coefficient (Wildman–Crippen LogP) is 2.97. The van der Waals surface area contributed by atoms with Crippen molar-refractivity contribution in [3.63, 3.8) is 0 Å². The molecule has 2 heterocycles. The van der Waals surface area contributed by atoms with E-state index in [2.05, 4.69) is 46.9 Å². The molecule has 83 valence electrons. The van der Waals surface area contributed by atoms with Gasteiger partial charge in [-0.1, -0.05) is 18.2 Å². The molecule has 2 nitrogen and oxygen atoms in total. The van der Waals surface area contributed by atoms with Crippen LogP contribution in [0.25, 0.3) is 10.9 Å². The van der Waals surface area contributed by atoms with E-state index in [0.29, 0.717) is 0 Å². The summed E-state index contributed by atoms with van der Waals surface area (Å²) in [5, 5.41) is 1.38. The number of likely N-dealkylation sites (tertiary alicyclic amines) is 1. The second-order valence-corrected chi connectivity index (χ2v) is 4.47. The minimum atomic E-state index is 1.14. The van der Waals surface area contributed by atoms with Gasteiger partial charge in [-0.2, -0.15) is 0 Å². The average Bonchev–Trinajstić information content (AvgIpc) is 2.96.